The average Bonchev–Trinajstić information content (AvgIpc) is 2.26. The van der Waals surface area contributed by atoms with Crippen LogP contribution in [0.5, 0.6) is 0 Å². The Hall–Kier alpha value is -1.69. The fourth-order valence-corrected chi connectivity index (χ4v) is 1.50. The van der Waals surface area contributed by atoms with Gasteiger partial charge >= 0.3 is 6.09 Å². The maximum absolute atomic E-state index is 13.5. The van der Waals surface area contributed by atoms with Crippen LogP contribution in [0.25, 0.3) is 0 Å². The molecule has 6 heteroatoms. The van der Waals surface area contributed by atoms with Crippen molar-refractivity contribution in [1.82, 2.24) is 0 Å². The number of anilines is 1. The molecule has 1 rings (SSSR count). The minimum absolute atomic E-state index is 0.207. The number of hydrogen-bond donors (Lipinski definition) is 2. The Morgan fingerprint density at radius 1 is 1.25 bits per heavy atom. The SMILES string of the molecule is CC(C)(C)OC(=O)Nc1ccc(C(F)(F)CCO)cc1. The summed E-state index contributed by atoms with van der Waals surface area (Å²) >= 11 is 0. The Morgan fingerprint density at radius 3 is 2.25 bits per heavy atom. The molecule has 0 aliphatic heterocycles. The predicted molar refractivity (Wildman–Crippen MR) is 71.9 cm³/mol. The lowest BCUT2D eigenvalue weighted by Gasteiger charge is -2.20. The molecular weight excluding hydrogens is 268 g/mol. The van der Waals surface area contributed by atoms with E-state index in [4.69, 9.17) is 9.84 Å². The second-order valence-corrected chi connectivity index (χ2v) is 5.38. The van der Waals surface area contributed by atoms with Gasteiger partial charge in [-0.2, -0.15) is 0 Å². The van der Waals surface area contributed by atoms with Crippen LogP contribution in [-0.2, 0) is 10.7 Å². The Morgan fingerprint density at radius 2 is 1.80 bits per heavy atom. The van der Waals surface area contributed by atoms with Gasteiger partial charge in [-0.3, -0.25) is 5.32 Å². The highest BCUT2D eigenvalue weighted by molar-refractivity contribution is 5.84. The summed E-state index contributed by atoms with van der Waals surface area (Å²) < 4.78 is 32.0. The normalized spacial score (nSPS) is 12.1. The third kappa shape index (κ3) is 5.13. The molecule has 4 nitrogen and oxygen atoms in total. The third-order valence-electron chi connectivity index (χ3n) is 2.38. The van der Waals surface area contributed by atoms with E-state index in [1.165, 1.54) is 24.3 Å². The second-order valence-electron chi connectivity index (χ2n) is 5.38. The molecule has 0 fully saturated rings. The number of ether oxygens (including phenoxy) is 1. The molecule has 0 radical (unpaired) electrons. The topological polar surface area (TPSA) is 58.6 Å². The van der Waals surface area contributed by atoms with Crippen LogP contribution in [0.4, 0.5) is 19.3 Å². The molecule has 1 aromatic carbocycles. The Balaban J connectivity index is 2.70. The van der Waals surface area contributed by atoms with Crippen LogP contribution in [0, 0.1) is 0 Å². The number of hydrogen-bond acceptors (Lipinski definition) is 3. The molecule has 1 aromatic rings. The largest absolute Gasteiger partial charge is 0.444 e. The first-order valence-electron chi connectivity index (χ1n) is 6.23. The Labute approximate surface area is 116 Å². The summed E-state index contributed by atoms with van der Waals surface area (Å²) in [5, 5.41) is 11.0. The number of amides is 1. The van der Waals surface area contributed by atoms with E-state index in [9.17, 15) is 13.6 Å². The van der Waals surface area contributed by atoms with E-state index < -0.39 is 30.6 Å². The van der Waals surface area contributed by atoms with E-state index >= 15 is 0 Å². The summed E-state index contributed by atoms with van der Waals surface area (Å²) in [7, 11) is 0. The minimum atomic E-state index is -3.08. The smallest absolute Gasteiger partial charge is 0.412 e. The fourth-order valence-electron chi connectivity index (χ4n) is 1.50. The van der Waals surface area contributed by atoms with Crippen LogP contribution in [0.15, 0.2) is 24.3 Å². The van der Waals surface area contributed by atoms with E-state index in [1.54, 1.807) is 20.8 Å². The van der Waals surface area contributed by atoms with Crippen LogP contribution < -0.4 is 5.32 Å². The van der Waals surface area contributed by atoms with Gasteiger partial charge in [-0.25, -0.2) is 13.6 Å². The van der Waals surface area contributed by atoms with Crippen LogP contribution in [-0.4, -0.2) is 23.4 Å². The van der Waals surface area contributed by atoms with Crippen molar-refractivity contribution in [2.45, 2.75) is 38.7 Å². The molecule has 0 unspecified atom stereocenters. The third-order valence-corrected chi connectivity index (χ3v) is 2.38. The molecule has 0 spiro atoms. The van der Waals surface area contributed by atoms with Crippen molar-refractivity contribution in [3.8, 4) is 0 Å². The van der Waals surface area contributed by atoms with E-state index in [1.807, 2.05) is 0 Å². The molecule has 112 valence electrons. The van der Waals surface area contributed by atoms with Gasteiger partial charge in [-0.15, -0.1) is 0 Å². The number of carbonyl (C=O) groups excluding carboxylic acids is 1. The van der Waals surface area contributed by atoms with Crippen molar-refractivity contribution in [2.75, 3.05) is 11.9 Å². The molecule has 0 heterocycles. The van der Waals surface area contributed by atoms with Gasteiger partial charge in [0, 0.05) is 24.3 Å². The van der Waals surface area contributed by atoms with Gasteiger partial charge in [-0.1, -0.05) is 12.1 Å². The van der Waals surface area contributed by atoms with Gasteiger partial charge in [0.25, 0.3) is 5.92 Å². The second kappa shape index (κ2) is 6.17. The van der Waals surface area contributed by atoms with Crippen LogP contribution in [0.3, 0.4) is 0 Å². The maximum atomic E-state index is 13.5. The van der Waals surface area contributed by atoms with Crippen LogP contribution in [0.1, 0.15) is 32.8 Å². The fraction of sp³-hybridized carbons (Fsp3) is 0.500. The summed E-state index contributed by atoms with van der Waals surface area (Å²) in [6, 6.07) is 5.15. The lowest BCUT2D eigenvalue weighted by molar-refractivity contribution is -0.0269. The van der Waals surface area contributed by atoms with Gasteiger partial charge in [0.2, 0.25) is 0 Å². The van der Waals surface area contributed by atoms with Crippen LogP contribution >= 0.6 is 0 Å². The van der Waals surface area contributed by atoms with Gasteiger partial charge in [0.15, 0.2) is 0 Å². The van der Waals surface area contributed by atoms with Crippen LogP contribution in [0.2, 0.25) is 0 Å². The molecule has 0 aromatic heterocycles. The molecule has 0 saturated carbocycles. The lowest BCUT2D eigenvalue weighted by atomic mass is 10.1. The van der Waals surface area contributed by atoms with E-state index in [2.05, 4.69) is 5.32 Å². The van der Waals surface area contributed by atoms with Gasteiger partial charge in [0.05, 0.1) is 0 Å². The van der Waals surface area contributed by atoms with Crippen molar-refractivity contribution < 1.29 is 23.4 Å². The van der Waals surface area contributed by atoms with Crippen molar-refractivity contribution >= 4 is 11.8 Å². The minimum Gasteiger partial charge on any atom is -0.444 e. The summed E-state index contributed by atoms with van der Waals surface area (Å²) in [6.07, 6.45) is -1.28. The number of rotatable bonds is 4. The number of aliphatic hydroxyl groups is 1. The van der Waals surface area contributed by atoms with E-state index in [0.29, 0.717) is 5.69 Å². The highest BCUT2D eigenvalue weighted by Gasteiger charge is 2.30. The quantitative estimate of drug-likeness (QED) is 0.891. The standard InChI is InChI=1S/C14H19F2NO3/c1-13(2,3)20-12(19)17-11-6-4-10(5-7-11)14(15,16)8-9-18/h4-7,18H,8-9H2,1-3H3,(H,17,19). The number of alkyl halides is 2. The average molecular weight is 287 g/mol. The number of aliphatic hydroxyl groups excluding tert-OH is 1. The van der Waals surface area contributed by atoms with E-state index in [-0.39, 0.29) is 5.56 Å². The number of carbonyl (C=O) groups is 1. The van der Waals surface area contributed by atoms with Gasteiger partial charge in [0.1, 0.15) is 5.60 Å². The summed E-state index contributed by atoms with van der Waals surface area (Å²) in [5.74, 6) is -3.08. The highest BCUT2D eigenvalue weighted by atomic mass is 19.3. The molecule has 0 aliphatic carbocycles. The number of halogens is 2. The Kier molecular flexibility index (Phi) is 5.05. The molecule has 2 N–H and O–H groups in total. The molecule has 1 amide bonds. The summed E-state index contributed by atoms with van der Waals surface area (Å²) in [4.78, 5) is 11.5. The lowest BCUT2D eigenvalue weighted by Crippen LogP contribution is -2.27. The maximum Gasteiger partial charge on any atom is 0.412 e. The molecule has 0 bridgehead atoms. The summed E-state index contributed by atoms with van der Waals surface area (Å²) in [6.45, 7) is 4.59. The van der Waals surface area contributed by atoms with Crippen molar-refractivity contribution in [2.24, 2.45) is 0 Å². The zero-order valence-corrected chi connectivity index (χ0v) is 11.7. The van der Waals surface area contributed by atoms with E-state index in [0.717, 1.165) is 0 Å². The molecule has 0 atom stereocenters. The Bertz CT molecular complexity index is 452. The molecule has 0 aliphatic rings. The van der Waals surface area contributed by atoms with Crippen molar-refractivity contribution in [1.29, 1.82) is 0 Å². The molecule has 20 heavy (non-hydrogen) atoms. The monoisotopic (exact) mass is 287 g/mol. The number of nitrogens with one attached hydrogen (secondary N) is 1. The van der Waals surface area contributed by atoms with Crippen molar-refractivity contribution in [3.05, 3.63) is 29.8 Å². The van der Waals surface area contributed by atoms with Crippen molar-refractivity contribution in [3.63, 3.8) is 0 Å². The number of benzene rings is 1. The van der Waals surface area contributed by atoms with Gasteiger partial charge in [-0.05, 0) is 32.9 Å². The first kappa shape index (κ1) is 16.4. The van der Waals surface area contributed by atoms with Gasteiger partial charge < -0.3 is 9.84 Å². The first-order valence-corrected chi connectivity index (χ1v) is 6.23. The predicted octanol–water partition coefficient (Wildman–Crippen LogP) is 3.51. The zero-order chi connectivity index (χ0) is 15.4. The molecular formula is C14H19F2NO3. The molecule has 0 saturated heterocycles. The first-order chi connectivity index (χ1) is 9.14. The summed E-state index contributed by atoms with van der Waals surface area (Å²) in [5.41, 5.74) is -0.470. The zero-order valence-electron chi connectivity index (χ0n) is 11.7. The highest BCUT2D eigenvalue weighted by Crippen LogP contribution is 2.31.